The monoisotopic (exact) mass is 233 g/mol. The van der Waals surface area contributed by atoms with Gasteiger partial charge in [-0.15, -0.1) is 0 Å². The Balaban J connectivity index is 2.56. The lowest BCUT2D eigenvalue weighted by Crippen LogP contribution is -2.21. The third-order valence-electron chi connectivity index (χ3n) is 3.66. The van der Waals surface area contributed by atoms with Crippen LogP contribution in [0.3, 0.4) is 0 Å². The zero-order valence-corrected chi connectivity index (χ0v) is 11.4. The van der Waals surface area contributed by atoms with Gasteiger partial charge in [-0.05, 0) is 31.0 Å². The minimum atomic E-state index is 0.738. The van der Waals surface area contributed by atoms with Crippen LogP contribution in [-0.4, -0.2) is 11.1 Å². The molecule has 1 N–H and O–H groups in total. The number of aromatic nitrogens is 1. The highest BCUT2D eigenvalue weighted by Crippen LogP contribution is 2.13. The predicted octanol–water partition coefficient (Wildman–Crippen LogP) is 2.73. The van der Waals surface area contributed by atoms with Crippen molar-refractivity contribution >= 4 is 0 Å². The molecule has 0 aliphatic carbocycles. The van der Waals surface area contributed by atoms with Gasteiger partial charge in [-0.3, -0.25) is 0 Å². The van der Waals surface area contributed by atoms with E-state index in [-0.39, 0.29) is 0 Å². The molecule has 0 atom stereocenters. The molecule has 0 amide bonds. The summed E-state index contributed by atoms with van der Waals surface area (Å²) in [4.78, 5) is 0. The summed E-state index contributed by atoms with van der Waals surface area (Å²) in [5.74, 6) is 0.759. The maximum absolute atomic E-state index is 8.95. The zero-order chi connectivity index (χ0) is 12.8. The summed E-state index contributed by atoms with van der Waals surface area (Å²) >= 11 is 0. The highest BCUT2D eigenvalue weighted by atomic mass is 15.0. The summed E-state index contributed by atoms with van der Waals surface area (Å²) in [5.41, 5.74) is 3.15. The molecule has 94 valence electrons. The topological polar surface area (TPSA) is 40.8 Å². The van der Waals surface area contributed by atoms with E-state index in [2.05, 4.69) is 32.2 Å². The zero-order valence-electron chi connectivity index (χ0n) is 11.4. The lowest BCUT2D eigenvalue weighted by Gasteiger charge is -2.13. The predicted molar refractivity (Wildman–Crippen MR) is 70.6 cm³/mol. The maximum Gasteiger partial charge on any atom is 0.120 e. The molecule has 0 fully saturated rings. The van der Waals surface area contributed by atoms with Crippen LogP contribution < -0.4 is 5.32 Å². The highest BCUT2D eigenvalue weighted by Gasteiger charge is 2.09. The first-order chi connectivity index (χ1) is 8.13. The SMILES string of the molecule is CCC(CC)CNCc1cc(C#N)n(C)c1C. The van der Waals surface area contributed by atoms with E-state index in [1.807, 2.05) is 17.7 Å². The number of nitrogens with zero attached hydrogens (tertiary/aromatic N) is 2. The van der Waals surface area contributed by atoms with Crippen LogP contribution in [0, 0.1) is 24.2 Å². The molecule has 0 aliphatic rings. The van der Waals surface area contributed by atoms with Gasteiger partial charge in [0.05, 0.1) is 0 Å². The fourth-order valence-corrected chi connectivity index (χ4v) is 2.04. The molecule has 17 heavy (non-hydrogen) atoms. The Morgan fingerprint density at radius 3 is 2.53 bits per heavy atom. The Kier molecular flexibility index (Phi) is 5.24. The Morgan fingerprint density at radius 2 is 2.06 bits per heavy atom. The fraction of sp³-hybridized carbons (Fsp3) is 0.643. The smallest absolute Gasteiger partial charge is 0.120 e. The van der Waals surface area contributed by atoms with Crippen LogP contribution in [0.4, 0.5) is 0 Å². The first kappa shape index (κ1) is 13.8. The van der Waals surface area contributed by atoms with Crippen molar-refractivity contribution in [1.82, 2.24) is 9.88 Å². The molecule has 3 heteroatoms. The molecule has 0 bridgehead atoms. The molecule has 0 saturated heterocycles. The molecular weight excluding hydrogens is 210 g/mol. The number of hydrogen-bond donors (Lipinski definition) is 1. The van der Waals surface area contributed by atoms with Gasteiger partial charge in [-0.25, -0.2) is 0 Å². The molecule has 3 nitrogen and oxygen atoms in total. The van der Waals surface area contributed by atoms with Crippen LogP contribution in [0.1, 0.15) is 43.6 Å². The van der Waals surface area contributed by atoms with Crippen LogP contribution in [0.25, 0.3) is 0 Å². The number of rotatable bonds is 6. The summed E-state index contributed by atoms with van der Waals surface area (Å²) in [6.07, 6.45) is 2.45. The Labute approximate surface area is 104 Å². The van der Waals surface area contributed by atoms with Crippen molar-refractivity contribution in [2.45, 2.75) is 40.2 Å². The van der Waals surface area contributed by atoms with Crippen LogP contribution in [-0.2, 0) is 13.6 Å². The van der Waals surface area contributed by atoms with Gasteiger partial charge in [0, 0.05) is 19.3 Å². The fourth-order valence-electron chi connectivity index (χ4n) is 2.04. The van der Waals surface area contributed by atoms with E-state index in [0.717, 1.165) is 24.7 Å². The third kappa shape index (κ3) is 3.34. The molecule has 0 spiro atoms. The molecule has 0 unspecified atom stereocenters. The maximum atomic E-state index is 8.95. The van der Waals surface area contributed by atoms with Crippen LogP contribution in [0.15, 0.2) is 6.07 Å². The van der Waals surface area contributed by atoms with Crippen molar-refractivity contribution in [3.63, 3.8) is 0 Å². The van der Waals surface area contributed by atoms with Crippen LogP contribution >= 0.6 is 0 Å². The Bertz CT molecular complexity index is 394. The van der Waals surface area contributed by atoms with Gasteiger partial charge in [0.25, 0.3) is 0 Å². The van der Waals surface area contributed by atoms with E-state index in [1.165, 1.54) is 24.1 Å². The van der Waals surface area contributed by atoms with Gasteiger partial charge in [0.15, 0.2) is 0 Å². The average Bonchev–Trinajstić information content (AvgIpc) is 2.62. The van der Waals surface area contributed by atoms with E-state index in [0.29, 0.717) is 0 Å². The van der Waals surface area contributed by atoms with Gasteiger partial charge in [-0.1, -0.05) is 26.7 Å². The van der Waals surface area contributed by atoms with E-state index in [4.69, 9.17) is 5.26 Å². The number of hydrogen-bond acceptors (Lipinski definition) is 2. The summed E-state index contributed by atoms with van der Waals surface area (Å²) in [6, 6.07) is 4.19. The number of nitrogens with one attached hydrogen (secondary N) is 1. The second-order valence-corrected chi connectivity index (χ2v) is 4.62. The third-order valence-corrected chi connectivity index (χ3v) is 3.66. The molecule has 0 aromatic carbocycles. The Hall–Kier alpha value is -1.27. The second kappa shape index (κ2) is 6.46. The summed E-state index contributed by atoms with van der Waals surface area (Å²) in [6.45, 7) is 8.45. The van der Waals surface area contributed by atoms with Crippen molar-refractivity contribution < 1.29 is 0 Å². The minimum absolute atomic E-state index is 0.738. The van der Waals surface area contributed by atoms with Crippen LogP contribution in [0.5, 0.6) is 0 Å². The van der Waals surface area contributed by atoms with Crippen LogP contribution in [0.2, 0.25) is 0 Å². The standard InChI is InChI=1S/C14H23N3/c1-5-12(6-2)9-16-10-13-7-14(8-15)17(4)11(13)3/h7,12,16H,5-6,9-10H2,1-4H3. The quantitative estimate of drug-likeness (QED) is 0.820. The first-order valence-corrected chi connectivity index (χ1v) is 6.40. The van der Waals surface area contributed by atoms with E-state index in [9.17, 15) is 0 Å². The molecule has 0 aliphatic heterocycles. The Morgan fingerprint density at radius 1 is 1.41 bits per heavy atom. The van der Waals surface area contributed by atoms with Crippen molar-refractivity contribution in [1.29, 1.82) is 5.26 Å². The van der Waals surface area contributed by atoms with Gasteiger partial charge in [0.2, 0.25) is 0 Å². The van der Waals surface area contributed by atoms with E-state index < -0.39 is 0 Å². The molecule has 1 rings (SSSR count). The van der Waals surface area contributed by atoms with E-state index >= 15 is 0 Å². The molecule has 1 aromatic heterocycles. The largest absolute Gasteiger partial charge is 0.340 e. The highest BCUT2D eigenvalue weighted by molar-refractivity contribution is 5.33. The lowest BCUT2D eigenvalue weighted by molar-refractivity contribution is 0.449. The van der Waals surface area contributed by atoms with Gasteiger partial charge < -0.3 is 9.88 Å². The minimum Gasteiger partial charge on any atom is -0.340 e. The first-order valence-electron chi connectivity index (χ1n) is 6.40. The summed E-state index contributed by atoms with van der Waals surface area (Å²) < 4.78 is 1.95. The van der Waals surface area contributed by atoms with Gasteiger partial charge in [-0.2, -0.15) is 5.26 Å². The normalized spacial score (nSPS) is 10.8. The van der Waals surface area contributed by atoms with Crippen molar-refractivity contribution in [2.75, 3.05) is 6.54 Å². The molecule has 1 heterocycles. The van der Waals surface area contributed by atoms with Gasteiger partial charge >= 0.3 is 0 Å². The van der Waals surface area contributed by atoms with E-state index in [1.54, 1.807) is 0 Å². The van der Waals surface area contributed by atoms with Crippen molar-refractivity contribution in [3.8, 4) is 6.07 Å². The molecule has 1 aromatic rings. The van der Waals surface area contributed by atoms with Gasteiger partial charge in [0.1, 0.15) is 11.8 Å². The summed E-state index contributed by atoms with van der Waals surface area (Å²) in [5, 5.41) is 12.4. The summed E-state index contributed by atoms with van der Waals surface area (Å²) in [7, 11) is 1.94. The van der Waals surface area contributed by atoms with Crippen molar-refractivity contribution in [2.24, 2.45) is 13.0 Å². The lowest BCUT2D eigenvalue weighted by atomic mass is 10.0. The average molecular weight is 233 g/mol. The second-order valence-electron chi connectivity index (χ2n) is 4.62. The number of nitriles is 1. The molecule has 0 saturated carbocycles. The molecular formula is C14H23N3. The van der Waals surface area contributed by atoms with Crippen molar-refractivity contribution in [3.05, 3.63) is 23.0 Å². The molecule has 0 radical (unpaired) electrons.